The van der Waals surface area contributed by atoms with Gasteiger partial charge in [0.15, 0.2) is 0 Å². The molecule has 0 aliphatic heterocycles. The van der Waals surface area contributed by atoms with E-state index < -0.39 is 0 Å². The second kappa shape index (κ2) is 6.31. The molecule has 2 rings (SSSR count). The lowest BCUT2D eigenvalue weighted by Crippen LogP contribution is -2.10. The van der Waals surface area contributed by atoms with Crippen molar-refractivity contribution in [2.75, 3.05) is 0 Å². The second-order valence-corrected chi connectivity index (χ2v) is 6.60. The molecule has 0 fully saturated rings. The van der Waals surface area contributed by atoms with Gasteiger partial charge in [0, 0.05) is 6.04 Å². The van der Waals surface area contributed by atoms with E-state index in [-0.39, 0.29) is 11.5 Å². The second-order valence-electron chi connectivity index (χ2n) is 6.60. The molecule has 0 saturated carbocycles. The summed E-state index contributed by atoms with van der Waals surface area (Å²) in [4.78, 5) is 0. The minimum absolute atomic E-state index is 0.0274. The van der Waals surface area contributed by atoms with Crippen LogP contribution in [0.2, 0.25) is 0 Å². The molecule has 2 nitrogen and oxygen atoms in total. The van der Waals surface area contributed by atoms with Crippen LogP contribution in [0.25, 0.3) is 0 Å². The van der Waals surface area contributed by atoms with Gasteiger partial charge in [0.05, 0.1) is 0 Å². The van der Waals surface area contributed by atoms with E-state index in [2.05, 4.69) is 45.0 Å². The average molecular weight is 283 g/mol. The van der Waals surface area contributed by atoms with Crippen LogP contribution < -0.4 is 10.5 Å². The molecule has 1 atom stereocenters. The van der Waals surface area contributed by atoms with Crippen molar-refractivity contribution < 1.29 is 4.74 Å². The minimum Gasteiger partial charge on any atom is -0.489 e. The van der Waals surface area contributed by atoms with Crippen molar-refractivity contribution in [2.24, 2.45) is 5.73 Å². The Bertz CT molecular complexity index is 579. The monoisotopic (exact) mass is 283 g/mol. The van der Waals surface area contributed by atoms with Gasteiger partial charge in [0.25, 0.3) is 0 Å². The standard InChI is InChI=1S/C19H25NO/c1-14(20)16-6-5-7-18(12-16)21-13-15-8-10-17(11-9-15)19(2,3)4/h5-12,14H,13,20H2,1-4H3/t14-/m1/s1. The molecule has 0 radical (unpaired) electrons. The lowest BCUT2D eigenvalue weighted by Gasteiger charge is -2.19. The van der Waals surface area contributed by atoms with Gasteiger partial charge in [0.1, 0.15) is 12.4 Å². The Labute approximate surface area is 127 Å². The Morgan fingerprint density at radius 1 is 1.05 bits per heavy atom. The van der Waals surface area contributed by atoms with Gasteiger partial charge in [-0.2, -0.15) is 0 Å². The highest BCUT2D eigenvalue weighted by atomic mass is 16.5. The van der Waals surface area contributed by atoms with Crippen molar-refractivity contribution in [1.29, 1.82) is 0 Å². The van der Waals surface area contributed by atoms with Crippen LogP contribution in [-0.2, 0) is 12.0 Å². The van der Waals surface area contributed by atoms with Crippen molar-refractivity contribution in [3.8, 4) is 5.75 Å². The third-order valence-corrected chi connectivity index (χ3v) is 3.61. The molecule has 0 aromatic heterocycles. The van der Waals surface area contributed by atoms with Gasteiger partial charge in [-0.05, 0) is 41.2 Å². The number of nitrogens with two attached hydrogens (primary N) is 1. The van der Waals surface area contributed by atoms with Gasteiger partial charge in [-0.15, -0.1) is 0 Å². The summed E-state index contributed by atoms with van der Waals surface area (Å²) in [6.07, 6.45) is 0. The summed E-state index contributed by atoms with van der Waals surface area (Å²) in [6.45, 7) is 9.21. The van der Waals surface area contributed by atoms with Crippen LogP contribution in [0, 0.1) is 0 Å². The summed E-state index contributed by atoms with van der Waals surface area (Å²) >= 11 is 0. The van der Waals surface area contributed by atoms with E-state index in [0.29, 0.717) is 6.61 Å². The number of rotatable bonds is 4. The molecular weight excluding hydrogens is 258 g/mol. The molecule has 0 unspecified atom stereocenters. The highest BCUT2D eigenvalue weighted by Crippen LogP contribution is 2.23. The number of hydrogen-bond donors (Lipinski definition) is 1. The first-order valence-electron chi connectivity index (χ1n) is 7.44. The number of benzene rings is 2. The fraction of sp³-hybridized carbons (Fsp3) is 0.368. The quantitative estimate of drug-likeness (QED) is 0.891. The molecule has 0 aliphatic rings. The molecule has 0 saturated heterocycles. The van der Waals surface area contributed by atoms with E-state index in [4.69, 9.17) is 10.5 Å². The molecule has 2 heteroatoms. The van der Waals surface area contributed by atoms with Crippen LogP contribution in [0.5, 0.6) is 5.75 Å². The van der Waals surface area contributed by atoms with Crippen molar-refractivity contribution in [1.82, 2.24) is 0 Å². The van der Waals surface area contributed by atoms with E-state index in [1.54, 1.807) is 0 Å². The van der Waals surface area contributed by atoms with E-state index in [9.17, 15) is 0 Å². The molecule has 0 bridgehead atoms. The van der Waals surface area contributed by atoms with E-state index >= 15 is 0 Å². The smallest absolute Gasteiger partial charge is 0.120 e. The summed E-state index contributed by atoms with van der Waals surface area (Å²) in [6, 6.07) is 16.6. The van der Waals surface area contributed by atoms with Crippen molar-refractivity contribution in [3.05, 3.63) is 65.2 Å². The first-order valence-corrected chi connectivity index (χ1v) is 7.44. The lowest BCUT2D eigenvalue weighted by atomic mass is 9.87. The summed E-state index contributed by atoms with van der Waals surface area (Å²) in [5, 5.41) is 0. The summed E-state index contributed by atoms with van der Waals surface area (Å²) < 4.78 is 5.85. The third-order valence-electron chi connectivity index (χ3n) is 3.61. The molecule has 0 aliphatic carbocycles. The van der Waals surface area contributed by atoms with Crippen LogP contribution in [-0.4, -0.2) is 0 Å². The predicted octanol–water partition coefficient (Wildman–Crippen LogP) is 4.58. The van der Waals surface area contributed by atoms with Gasteiger partial charge >= 0.3 is 0 Å². The molecule has 2 aromatic rings. The largest absolute Gasteiger partial charge is 0.489 e. The van der Waals surface area contributed by atoms with Crippen LogP contribution in [0.1, 0.15) is 50.4 Å². The molecule has 21 heavy (non-hydrogen) atoms. The predicted molar refractivity (Wildman–Crippen MR) is 88.5 cm³/mol. The van der Waals surface area contributed by atoms with Gasteiger partial charge in [-0.25, -0.2) is 0 Å². The molecule has 0 spiro atoms. The molecular formula is C19H25NO. The molecule has 0 heterocycles. The fourth-order valence-corrected chi connectivity index (χ4v) is 2.16. The maximum atomic E-state index is 5.89. The Kier molecular flexibility index (Phi) is 4.69. The topological polar surface area (TPSA) is 35.2 Å². The molecule has 0 amide bonds. The van der Waals surface area contributed by atoms with Gasteiger partial charge < -0.3 is 10.5 Å². The highest BCUT2D eigenvalue weighted by molar-refractivity contribution is 5.31. The molecule has 2 aromatic carbocycles. The van der Waals surface area contributed by atoms with E-state index in [1.807, 2.05) is 31.2 Å². The first kappa shape index (κ1) is 15.6. The van der Waals surface area contributed by atoms with Crippen molar-refractivity contribution in [2.45, 2.75) is 45.8 Å². The maximum absolute atomic E-state index is 5.89. The number of ether oxygens (including phenoxy) is 1. The normalized spacial score (nSPS) is 13.0. The summed E-state index contributed by atoms with van der Waals surface area (Å²) in [5.41, 5.74) is 9.68. The minimum atomic E-state index is 0.0274. The van der Waals surface area contributed by atoms with Crippen molar-refractivity contribution in [3.63, 3.8) is 0 Å². The van der Waals surface area contributed by atoms with E-state index in [0.717, 1.165) is 11.3 Å². The first-order chi connectivity index (χ1) is 9.86. The Hall–Kier alpha value is -1.80. The lowest BCUT2D eigenvalue weighted by molar-refractivity contribution is 0.305. The van der Waals surface area contributed by atoms with Crippen LogP contribution in [0.15, 0.2) is 48.5 Å². The average Bonchev–Trinajstić information content (AvgIpc) is 2.45. The summed E-state index contributed by atoms with van der Waals surface area (Å²) in [7, 11) is 0. The highest BCUT2D eigenvalue weighted by Gasteiger charge is 2.12. The zero-order valence-corrected chi connectivity index (χ0v) is 13.4. The Morgan fingerprint density at radius 2 is 1.71 bits per heavy atom. The number of hydrogen-bond acceptors (Lipinski definition) is 2. The maximum Gasteiger partial charge on any atom is 0.120 e. The SMILES string of the molecule is C[C@@H](N)c1cccc(OCc2ccc(C(C)(C)C)cc2)c1. The Morgan fingerprint density at radius 3 is 2.29 bits per heavy atom. The van der Waals surface area contributed by atoms with Crippen LogP contribution in [0.4, 0.5) is 0 Å². The van der Waals surface area contributed by atoms with E-state index in [1.165, 1.54) is 11.1 Å². The summed E-state index contributed by atoms with van der Waals surface area (Å²) in [5.74, 6) is 0.865. The Balaban J connectivity index is 2.01. The van der Waals surface area contributed by atoms with Gasteiger partial charge in [-0.1, -0.05) is 57.2 Å². The zero-order valence-electron chi connectivity index (χ0n) is 13.4. The van der Waals surface area contributed by atoms with Gasteiger partial charge in [0.2, 0.25) is 0 Å². The molecule has 2 N–H and O–H groups in total. The molecule has 112 valence electrons. The van der Waals surface area contributed by atoms with Crippen LogP contribution in [0.3, 0.4) is 0 Å². The third kappa shape index (κ3) is 4.33. The fourth-order valence-electron chi connectivity index (χ4n) is 2.16. The van der Waals surface area contributed by atoms with Gasteiger partial charge in [-0.3, -0.25) is 0 Å². The van der Waals surface area contributed by atoms with Crippen molar-refractivity contribution >= 4 is 0 Å². The van der Waals surface area contributed by atoms with Crippen LogP contribution >= 0.6 is 0 Å². The zero-order chi connectivity index (χ0) is 15.5.